The van der Waals surface area contributed by atoms with Crippen LogP contribution in [-0.4, -0.2) is 26.8 Å². The maximum Gasteiger partial charge on any atom is 0.255 e. The molecule has 0 bridgehead atoms. The van der Waals surface area contributed by atoms with Crippen molar-refractivity contribution in [1.82, 2.24) is 4.72 Å². The standard InChI is InChI=1S/C21H21N3O4S2/c22-20(25)14-16-4-1-2-6-19(16)24-21(26)15-7-9-18(10-8-15)30(27,28)23-12-11-17-5-3-13-29-17/h1-10,13,23H,11-12,14H2,(H2,22,25)(H,24,26). The number of primary amides is 1. The van der Waals surface area contributed by atoms with E-state index in [0.29, 0.717) is 29.8 Å². The minimum Gasteiger partial charge on any atom is -0.369 e. The number of anilines is 1. The summed E-state index contributed by atoms with van der Waals surface area (Å²) in [5.41, 5.74) is 6.62. The predicted octanol–water partition coefficient (Wildman–Crippen LogP) is 2.55. The van der Waals surface area contributed by atoms with Crippen molar-refractivity contribution in [3.63, 3.8) is 0 Å². The molecule has 156 valence electrons. The number of amides is 2. The fourth-order valence-corrected chi connectivity index (χ4v) is 4.55. The predicted molar refractivity (Wildman–Crippen MR) is 117 cm³/mol. The number of carbonyl (C=O) groups is 2. The number of benzene rings is 2. The smallest absolute Gasteiger partial charge is 0.255 e. The second-order valence-electron chi connectivity index (χ2n) is 6.51. The Bertz CT molecular complexity index is 1130. The maximum absolute atomic E-state index is 12.5. The molecule has 0 aliphatic heterocycles. The fourth-order valence-electron chi connectivity index (χ4n) is 2.81. The van der Waals surface area contributed by atoms with Crippen LogP contribution in [0.25, 0.3) is 0 Å². The molecule has 1 aromatic heterocycles. The van der Waals surface area contributed by atoms with Gasteiger partial charge in [-0.15, -0.1) is 11.3 Å². The van der Waals surface area contributed by atoms with Crippen LogP contribution in [0.2, 0.25) is 0 Å². The number of hydrogen-bond donors (Lipinski definition) is 3. The minimum absolute atomic E-state index is 0.00474. The van der Waals surface area contributed by atoms with Crippen molar-refractivity contribution in [3.8, 4) is 0 Å². The molecule has 2 aromatic carbocycles. The van der Waals surface area contributed by atoms with Gasteiger partial charge in [0.2, 0.25) is 15.9 Å². The van der Waals surface area contributed by atoms with Crippen LogP contribution in [0.4, 0.5) is 5.69 Å². The van der Waals surface area contributed by atoms with Crippen LogP contribution in [-0.2, 0) is 27.7 Å². The van der Waals surface area contributed by atoms with Gasteiger partial charge in [0.1, 0.15) is 0 Å². The maximum atomic E-state index is 12.5. The van der Waals surface area contributed by atoms with Gasteiger partial charge in [-0.3, -0.25) is 9.59 Å². The summed E-state index contributed by atoms with van der Waals surface area (Å²) in [5, 5.41) is 4.67. The van der Waals surface area contributed by atoms with Gasteiger partial charge in [-0.1, -0.05) is 24.3 Å². The topological polar surface area (TPSA) is 118 Å². The lowest BCUT2D eigenvalue weighted by atomic mass is 10.1. The average molecular weight is 444 g/mol. The molecule has 1 heterocycles. The molecule has 0 saturated heterocycles. The lowest BCUT2D eigenvalue weighted by Gasteiger charge is -2.11. The summed E-state index contributed by atoms with van der Waals surface area (Å²) in [6.07, 6.45) is 0.618. The summed E-state index contributed by atoms with van der Waals surface area (Å²) in [5.74, 6) is -0.917. The first-order valence-corrected chi connectivity index (χ1v) is 11.5. The van der Waals surface area contributed by atoms with Crippen molar-refractivity contribution < 1.29 is 18.0 Å². The number of sulfonamides is 1. The molecular weight excluding hydrogens is 422 g/mol. The zero-order valence-electron chi connectivity index (χ0n) is 16.0. The highest BCUT2D eigenvalue weighted by atomic mass is 32.2. The largest absolute Gasteiger partial charge is 0.369 e. The third kappa shape index (κ3) is 5.76. The SMILES string of the molecule is NC(=O)Cc1ccccc1NC(=O)c1ccc(S(=O)(=O)NCCc2cccs2)cc1. The normalized spacial score (nSPS) is 11.2. The Morgan fingerprint density at radius 1 is 0.967 bits per heavy atom. The van der Waals surface area contributed by atoms with E-state index in [0.717, 1.165) is 4.88 Å². The first kappa shape index (κ1) is 21.7. The van der Waals surface area contributed by atoms with Crippen LogP contribution in [0.3, 0.4) is 0 Å². The molecule has 9 heteroatoms. The monoisotopic (exact) mass is 443 g/mol. The van der Waals surface area contributed by atoms with Crippen LogP contribution < -0.4 is 15.8 Å². The number of rotatable bonds is 9. The van der Waals surface area contributed by atoms with E-state index in [1.165, 1.54) is 24.3 Å². The van der Waals surface area contributed by atoms with E-state index in [-0.39, 0.29) is 11.3 Å². The van der Waals surface area contributed by atoms with Gasteiger partial charge in [-0.05, 0) is 53.8 Å². The summed E-state index contributed by atoms with van der Waals surface area (Å²) >= 11 is 1.57. The van der Waals surface area contributed by atoms with Crippen molar-refractivity contribution in [2.45, 2.75) is 17.7 Å². The van der Waals surface area contributed by atoms with Crippen LogP contribution in [0, 0.1) is 0 Å². The van der Waals surface area contributed by atoms with Gasteiger partial charge < -0.3 is 11.1 Å². The van der Waals surface area contributed by atoms with E-state index in [4.69, 9.17) is 5.73 Å². The van der Waals surface area contributed by atoms with Crippen molar-refractivity contribution in [2.24, 2.45) is 5.73 Å². The Balaban J connectivity index is 1.65. The molecule has 0 radical (unpaired) electrons. The number of hydrogen-bond acceptors (Lipinski definition) is 5. The van der Waals surface area contributed by atoms with Crippen LogP contribution in [0.15, 0.2) is 70.9 Å². The molecular formula is C21H21N3O4S2. The molecule has 0 spiro atoms. The quantitative estimate of drug-likeness (QED) is 0.471. The summed E-state index contributed by atoms with van der Waals surface area (Å²) in [6.45, 7) is 0.293. The lowest BCUT2D eigenvalue weighted by Crippen LogP contribution is -2.26. The molecule has 0 unspecified atom stereocenters. The Hall–Kier alpha value is -3.01. The molecule has 0 fully saturated rings. The van der Waals surface area contributed by atoms with Gasteiger partial charge >= 0.3 is 0 Å². The fraction of sp³-hybridized carbons (Fsp3) is 0.143. The second-order valence-corrected chi connectivity index (χ2v) is 9.31. The molecule has 0 atom stereocenters. The molecule has 4 N–H and O–H groups in total. The molecule has 2 amide bonds. The summed E-state index contributed by atoms with van der Waals surface area (Å²) in [6, 6.07) is 16.4. The molecule has 30 heavy (non-hydrogen) atoms. The number of nitrogens with two attached hydrogens (primary N) is 1. The summed E-state index contributed by atoms with van der Waals surface area (Å²) in [4.78, 5) is 24.9. The van der Waals surface area contributed by atoms with Crippen molar-refractivity contribution >= 4 is 38.9 Å². The van der Waals surface area contributed by atoms with Crippen molar-refractivity contribution in [3.05, 3.63) is 82.0 Å². The molecule has 0 aliphatic rings. The van der Waals surface area contributed by atoms with E-state index >= 15 is 0 Å². The van der Waals surface area contributed by atoms with Crippen molar-refractivity contribution in [1.29, 1.82) is 0 Å². The molecule has 7 nitrogen and oxygen atoms in total. The van der Waals surface area contributed by atoms with Gasteiger partial charge in [-0.2, -0.15) is 0 Å². The van der Waals surface area contributed by atoms with E-state index in [9.17, 15) is 18.0 Å². The van der Waals surface area contributed by atoms with Gasteiger partial charge in [-0.25, -0.2) is 13.1 Å². The zero-order chi connectivity index (χ0) is 21.6. The number of para-hydroxylation sites is 1. The number of nitrogens with one attached hydrogen (secondary N) is 2. The minimum atomic E-state index is -3.66. The number of carbonyl (C=O) groups excluding carboxylic acids is 2. The van der Waals surface area contributed by atoms with Gasteiger partial charge in [0, 0.05) is 22.7 Å². The zero-order valence-corrected chi connectivity index (χ0v) is 17.6. The van der Waals surface area contributed by atoms with E-state index < -0.39 is 21.8 Å². The molecule has 0 aliphatic carbocycles. The lowest BCUT2D eigenvalue weighted by molar-refractivity contribution is -0.117. The van der Waals surface area contributed by atoms with Crippen LogP contribution >= 0.6 is 11.3 Å². The summed E-state index contributed by atoms with van der Waals surface area (Å²) in [7, 11) is -3.66. The van der Waals surface area contributed by atoms with Crippen molar-refractivity contribution in [2.75, 3.05) is 11.9 Å². The van der Waals surface area contributed by atoms with Crippen LogP contribution in [0.1, 0.15) is 20.8 Å². The first-order chi connectivity index (χ1) is 14.3. The highest BCUT2D eigenvalue weighted by Crippen LogP contribution is 2.18. The Morgan fingerprint density at radius 3 is 2.37 bits per heavy atom. The third-order valence-corrected chi connectivity index (χ3v) is 6.71. The third-order valence-electron chi connectivity index (χ3n) is 4.30. The second kappa shape index (κ2) is 9.66. The van der Waals surface area contributed by atoms with E-state index in [1.807, 2.05) is 17.5 Å². The van der Waals surface area contributed by atoms with E-state index in [2.05, 4.69) is 10.0 Å². The van der Waals surface area contributed by atoms with Gasteiger partial charge in [0.25, 0.3) is 5.91 Å². The Labute approximate surface area is 179 Å². The van der Waals surface area contributed by atoms with Gasteiger partial charge in [0.05, 0.1) is 11.3 Å². The van der Waals surface area contributed by atoms with E-state index in [1.54, 1.807) is 35.6 Å². The summed E-state index contributed by atoms with van der Waals surface area (Å²) < 4.78 is 27.4. The highest BCUT2D eigenvalue weighted by molar-refractivity contribution is 7.89. The molecule has 0 saturated carbocycles. The molecule has 3 aromatic rings. The molecule has 3 rings (SSSR count). The van der Waals surface area contributed by atoms with Crippen LogP contribution in [0.5, 0.6) is 0 Å². The average Bonchev–Trinajstić information content (AvgIpc) is 3.22. The highest BCUT2D eigenvalue weighted by Gasteiger charge is 2.15. The Kier molecular flexibility index (Phi) is 6.99. The Morgan fingerprint density at radius 2 is 1.70 bits per heavy atom. The number of thiophene rings is 1. The van der Waals surface area contributed by atoms with Gasteiger partial charge in [0.15, 0.2) is 0 Å². The first-order valence-electron chi connectivity index (χ1n) is 9.15.